The van der Waals surface area contributed by atoms with E-state index in [9.17, 15) is 21.6 Å². The molecule has 2 aromatic carbocycles. The highest BCUT2D eigenvalue weighted by Crippen LogP contribution is 2.36. The standard InChI is InChI=1S/C20H24F3NO6S/c1-14-12-16(5-7-18(14)29-10-8-27-2)31(25,26)24-17-13-15(20(21,22)23)4-6-19(17)30-11-9-28-3/h4-7,12-13,24H,8-11H2,1-3H3. The average Bonchev–Trinajstić information content (AvgIpc) is 2.69. The molecule has 0 atom stereocenters. The molecule has 0 heterocycles. The van der Waals surface area contributed by atoms with Crippen LogP contribution < -0.4 is 14.2 Å². The number of benzene rings is 2. The van der Waals surface area contributed by atoms with E-state index < -0.39 is 21.8 Å². The normalized spacial score (nSPS) is 11.9. The summed E-state index contributed by atoms with van der Waals surface area (Å²) in [5.41, 5.74) is -0.800. The van der Waals surface area contributed by atoms with Crippen LogP contribution in [0, 0.1) is 6.92 Å². The van der Waals surface area contributed by atoms with Gasteiger partial charge in [-0.15, -0.1) is 0 Å². The second-order valence-electron chi connectivity index (χ2n) is 6.42. The third-order valence-corrected chi connectivity index (χ3v) is 5.46. The molecule has 0 amide bonds. The summed E-state index contributed by atoms with van der Waals surface area (Å²) in [6.07, 6.45) is -4.65. The summed E-state index contributed by atoms with van der Waals surface area (Å²) in [7, 11) is -1.24. The highest BCUT2D eigenvalue weighted by atomic mass is 32.2. The largest absolute Gasteiger partial charge is 0.491 e. The molecule has 0 radical (unpaired) electrons. The van der Waals surface area contributed by atoms with Crippen LogP contribution in [0.1, 0.15) is 11.1 Å². The first-order chi connectivity index (χ1) is 14.6. The molecule has 0 fully saturated rings. The smallest absolute Gasteiger partial charge is 0.416 e. The van der Waals surface area contributed by atoms with Crippen LogP contribution in [0.4, 0.5) is 18.9 Å². The number of nitrogens with one attached hydrogen (secondary N) is 1. The number of aryl methyl sites for hydroxylation is 1. The van der Waals surface area contributed by atoms with Crippen LogP contribution in [0.25, 0.3) is 0 Å². The topological polar surface area (TPSA) is 83.1 Å². The van der Waals surface area contributed by atoms with Gasteiger partial charge in [0.05, 0.1) is 29.4 Å². The summed E-state index contributed by atoms with van der Waals surface area (Å²) in [6, 6.07) is 6.71. The van der Waals surface area contributed by atoms with E-state index in [4.69, 9.17) is 18.9 Å². The molecular formula is C20H24F3NO6S. The van der Waals surface area contributed by atoms with Gasteiger partial charge >= 0.3 is 6.18 Å². The number of halogens is 3. The molecule has 2 aromatic rings. The summed E-state index contributed by atoms with van der Waals surface area (Å²) in [5.74, 6) is 0.420. The Hall–Kier alpha value is -2.50. The summed E-state index contributed by atoms with van der Waals surface area (Å²) >= 11 is 0. The summed E-state index contributed by atoms with van der Waals surface area (Å²) in [5, 5.41) is 0. The van der Waals surface area contributed by atoms with Crippen molar-refractivity contribution in [3.63, 3.8) is 0 Å². The van der Waals surface area contributed by atoms with Crippen LogP contribution in [0.5, 0.6) is 11.5 Å². The van der Waals surface area contributed by atoms with Crippen molar-refractivity contribution in [3.8, 4) is 11.5 Å². The van der Waals surface area contributed by atoms with Gasteiger partial charge in [0.25, 0.3) is 10.0 Å². The van der Waals surface area contributed by atoms with Gasteiger partial charge in [0, 0.05) is 14.2 Å². The number of hydrogen-bond donors (Lipinski definition) is 1. The molecule has 0 aliphatic heterocycles. The molecule has 0 unspecified atom stereocenters. The maximum absolute atomic E-state index is 13.1. The lowest BCUT2D eigenvalue weighted by molar-refractivity contribution is -0.137. The minimum absolute atomic E-state index is 0.0310. The first-order valence-corrected chi connectivity index (χ1v) is 10.6. The maximum Gasteiger partial charge on any atom is 0.416 e. The van der Waals surface area contributed by atoms with Crippen molar-refractivity contribution in [3.05, 3.63) is 47.5 Å². The van der Waals surface area contributed by atoms with E-state index in [2.05, 4.69) is 4.72 Å². The molecule has 0 saturated heterocycles. The quantitative estimate of drug-likeness (QED) is 0.510. The Kier molecular flexibility index (Phi) is 8.54. The van der Waals surface area contributed by atoms with Gasteiger partial charge in [0.2, 0.25) is 0 Å². The summed E-state index contributed by atoms with van der Waals surface area (Å²) in [4.78, 5) is -0.135. The molecular weight excluding hydrogens is 439 g/mol. The van der Waals surface area contributed by atoms with E-state index >= 15 is 0 Å². The second kappa shape index (κ2) is 10.7. The molecule has 2 rings (SSSR count). The zero-order valence-corrected chi connectivity index (χ0v) is 18.1. The van der Waals surface area contributed by atoms with E-state index in [1.807, 2.05) is 0 Å². The van der Waals surface area contributed by atoms with Gasteiger partial charge in [-0.3, -0.25) is 4.72 Å². The molecule has 0 aliphatic carbocycles. The third kappa shape index (κ3) is 7.01. The van der Waals surface area contributed by atoms with Crippen molar-refractivity contribution in [1.82, 2.24) is 0 Å². The Morgan fingerprint density at radius 3 is 2.00 bits per heavy atom. The number of sulfonamides is 1. The minimum atomic E-state index is -4.65. The molecule has 172 valence electrons. The summed E-state index contributed by atoms with van der Waals surface area (Å²) < 4.78 is 87.8. The van der Waals surface area contributed by atoms with E-state index in [0.29, 0.717) is 24.0 Å². The van der Waals surface area contributed by atoms with Crippen molar-refractivity contribution >= 4 is 15.7 Å². The fraction of sp³-hybridized carbons (Fsp3) is 0.400. The van der Waals surface area contributed by atoms with E-state index in [1.54, 1.807) is 6.92 Å². The maximum atomic E-state index is 13.1. The Morgan fingerprint density at radius 2 is 1.45 bits per heavy atom. The zero-order valence-electron chi connectivity index (χ0n) is 17.3. The molecule has 0 bridgehead atoms. The average molecular weight is 463 g/mol. The molecule has 0 aliphatic rings. The van der Waals surface area contributed by atoms with Crippen LogP contribution in [-0.4, -0.2) is 49.1 Å². The van der Waals surface area contributed by atoms with Crippen molar-refractivity contribution in [1.29, 1.82) is 0 Å². The number of alkyl halides is 3. The fourth-order valence-corrected chi connectivity index (χ4v) is 3.68. The molecule has 11 heteroatoms. The lowest BCUT2D eigenvalue weighted by atomic mass is 10.2. The number of ether oxygens (including phenoxy) is 4. The van der Waals surface area contributed by atoms with Crippen molar-refractivity contribution < 1.29 is 40.5 Å². The molecule has 31 heavy (non-hydrogen) atoms. The van der Waals surface area contributed by atoms with Gasteiger partial charge in [0.1, 0.15) is 24.7 Å². The molecule has 0 spiro atoms. The van der Waals surface area contributed by atoms with Crippen LogP contribution in [0.15, 0.2) is 41.3 Å². The van der Waals surface area contributed by atoms with Crippen molar-refractivity contribution in [2.75, 3.05) is 45.4 Å². The Balaban J connectivity index is 2.32. The van der Waals surface area contributed by atoms with E-state index in [1.165, 1.54) is 32.4 Å². The van der Waals surface area contributed by atoms with Crippen LogP contribution in [0.2, 0.25) is 0 Å². The van der Waals surface area contributed by atoms with Crippen LogP contribution in [-0.2, 0) is 25.7 Å². The molecule has 0 aromatic heterocycles. The highest BCUT2D eigenvalue weighted by Gasteiger charge is 2.32. The first kappa shape index (κ1) is 24.8. The van der Waals surface area contributed by atoms with Crippen molar-refractivity contribution in [2.24, 2.45) is 0 Å². The molecule has 0 saturated carbocycles. The fourth-order valence-electron chi connectivity index (χ4n) is 2.54. The second-order valence-corrected chi connectivity index (χ2v) is 8.11. The van der Waals surface area contributed by atoms with Gasteiger partial charge in [0.15, 0.2) is 0 Å². The lowest BCUT2D eigenvalue weighted by Crippen LogP contribution is -2.16. The van der Waals surface area contributed by atoms with Gasteiger partial charge in [-0.2, -0.15) is 13.2 Å². The Labute approximate surface area is 179 Å². The van der Waals surface area contributed by atoms with Gasteiger partial charge in [-0.1, -0.05) is 0 Å². The van der Waals surface area contributed by atoms with Gasteiger partial charge in [-0.25, -0.2) is 8.42 Å². The monoisotopic (exact) mass is 463 g/mol. The van der Waals surface area contributed by atoms with Gasteiger partial charge < -0.3 is 18.9 Å². The number of anilines is 1. The van der Waals surface area contributed by atoms with E-state index in [-0.39, 0.29) is 36.2 Å². The SMILES string of the molecule is COCCOc1ccc(S(=O)(=O)Nc2cc(C(F)(F)F)ccc2OCCOC)cc1C. The lowest BCUT2D eigenvalue weighted by Gasteiger charge is -2.17. The predicted octanol–water partition coefficient (Wildman–Crippen LogP) is 3.87. The van der Waals surface area contributed by atoms with Crippen LogP contribution in [0.3, 0.4) is 0 Å². The van der Waals surface area contributed by atoms with Crippen LogP contribution >= 0.6 is 0 Å². The zero-order chi connectivity index (χ0) is 23.1. The minimum Gasteiger partial charge on any atom is -0.491 e. The molecule has 1 N–H and O–H groups in total. The molecule has 7 nitrogen and oxygen atoms in total. The number of methoxy groups -OCH3 is 2. The third-order valence-electron chi connectivity index (χ3n) is 4.10. The van der Waals surface area contributed by atoms with Crippen molar-refractivity contribution in [2.45, 2.75) is 18.0 Å². The highest BCUT2D eigenvalue weighted by molar-refractivity contribution is 7.92. The first-order valence-electron chi connectivity index (χ1n) is 9.16. The van der Waals surface area contributed by atoms with E-state index in [0.717, 1.165) is 12.1 Å². The predicted molar refractivity (Wildman–Crippen MR) is 108 cm³/mol. The number of hydrogen-bond acceptors (Lipinski definition) is 6. The number of rotatable bonds is 11. The summed E-state index contributed by atoms with van der Waals surface area (Å²) in [6.45, 7) is 2.52. The Bertz CT molecular complexity index is 979. The van der Waals surface area contributed by atoms with Gasteiger partial charge in [-0.05, 0) is 48.9 Å². The Morgan fingerprint density at radius 1 is 0.871 bits per heavy atom.